The van der Waals surface area contributed by atoms with E-state index in [2.05, 4.69) is 30.2 Å². The van der Waals surface area contributed by atoms with Gasteiger partial charge in [0.1, 0.15) is 11.8 Å². The first-order valence-corrected chi connectivity index (χ1v) is 9.98. The van der Waals surface area contributed by atoms with E-state index >= 15 is 0 Å². The van der Waals surface area contributed by atoms with Gasteiger partial charge in [-0.2, -0.15) is 0 Å². The van der Waals surface area contributed by atoms with Crippen molar-refractivity contribution in [2.45, 2.75) is 19.3 Å². The molecule has 1 fully saturated rings. The molecule has 4 rings (SSSR count). The molecule has 0 radical (unpaired) electrons. The minimum atomic E-state index is 0.0102. The van der Waals surface area contributed by atoms with E-state index in [1.807, 2.05) is 12.1 Å². The number of carbonyl (C=O) groups is 1. The zero-order valence-corrected chi connectivity index (χ0v) is 16.7. The standard InChI is InChI=1S/C19H20Cl2N6O/c20-14-2-1-12(15(21)9-14)3-6-22-19(28)13-4-7-27(8-5-13)18-16-17(24-10-23-16)25-11-26-18/h1-2,9-11,13H,3-8H2,(H,22,28)(H,23,24,25,26). The van der Waals surface area contributed by atoms with Gasteiger partial charge in [0, 0.05) is 35.6 Å². The topological polar surface area (TPSA) is 86.8 Å². The predicted molar refractivity (Wildman–Crippen MR) is 110 cm³/mol. The molecular formula is C19H20Cl2N6O. The molecule has 0 unspecified atom stereocenters. The molecule has 3 heterocycles. The van der Waals surface area contributed by atoms with Crippen LogP contribution in [0.5, 0.6) is 0 Å². The molecule has 1 aromatic carbocycles. The summed E-state index contributed by atoms with van der Waals surface area (Å²) in [5.41, 5.74) is 2.48. The number of nitrogens with one attached hydrogen (secondary N) is 2. The van der Waals surface area contributed by atoms with Crippen LogP contribution < -0.4 is 10.2 Å². The van der Waals surface area contributed by atoms with E-state index in [0.717, 1.165) is 42.8 Å². The molecule has 0 saturated carbocycles. The van der Waals surface area contributed by atoms with Crippen molar-refractivity contribution in [3.63, 3.8) is 0 Å². The Bertz CT molecular complexity index is 983. The Morgan fingerprint density at radius 3 is 2.82 bits per heavy atom. The van der Waals surface area contributed by atoms with Crippen LogP contribution in [0.4, 0.5) is 5.82 Å². The van der Waals surface area contributed by atoms with Crippen molar-refractivity contribution in [2.75, 3.05) is 24.5 Å². The highest BCUT2D eigenvalue weighted by Crippen LogP contribution is 2.26. The van der Waals surface area contributed by atoms with Gasteiger partial charge in [-0.1, -0.05) is 29.3 Å². The van der Waals surface area contributed by atoms with E-state index in [0.29, 0.717) is 28.7 Å². The Balaban J connectivity index is 1.29. The molecule has 1 saturated heterocycles. The van der Waals surface area contributed by atoms with Gasteiger partial charge in [0.2, 0.25) is 5.91 Å². The summed E-state index contributed by atoms with van der Waals surface area (Å²) < 4.78 is 0. The summed E-state index contributed by atoms with van der Waals surface area (Å²) in [5, 5.41) is 4.27. The summed E-state index contributed by atoms with van der Waals surface area (Å²) in [7, 11) is 0. The van der Waals surface area contributed by atoms with Crippen LogP contribution in [0.1, 0.15) is 18.4 Å². The lowest BCUT2D eigenvalue weighted by Gasteiger charge is -2.32. The molecular weight excluding hydrogens is 399 g/mol. The number of amides is 1. The fraction of sp³-hybridized carbons (Fsp3) is 0.368. The van der Waals surface area contributed by atoms with E-state index in [4.69, 9.17) is 23.2 Å². The summed E-state index contributed by atoms with van der Waals surface area (Å²) in [6.07, 6.45) is 5.40. The van der Waals surface area contributed by atoms with Crippen LogP contribution in [0.15, 0.2) is 30.9 Å². The Morgan fingerprint density at radius 2 is 2.04 bits per heavy atom. The maximum Gasteiger partial charge on any atom is 0.223 e. The van der Waals surface area contributed by atoms with Crippen LogP contribution in [-0.2, 0) is 11.2 Å². The number of piperidine rings is 1. The number of H-pyrrole nitrogens is 1. The number of aromatic amines is 1. The van der Waals surface area contributed by atoms with Gasteiger partial charge in [-0.05, 0) is 37.0 Å². The van der Waals surface area contributed by atoms with Crippen molar-refractivity contribution < 1.29 is 4.79 Å². The highest BCUT2D eigenvalue weighted by molar-refractivity contribution is 6.35. The first kappa shape index (κ1) is 19.0. The summed E-state index contributed by atoms with van der Waals surface area (Å²) in [5.74, 6) is 0.953. The summed E-state index contributed by atoms with van der Waals surface area (Å²) in [4.78, 5) is 30.5. The number of nitrogens with zero attached hydrogens (tertiary/aromatic N) is 4. The highest BCUT2D eigenvalue weighted by Gasteiger charge is 2.26. The molecule has 7 nitrogen and oxygen atoms in total. The quantitative estimate of drug-likeness (QED) is 0.663. The normalized spacial score (nSPS) is 15.1. The number of hydrogen-bond donors (Lipinski definition) is 2. The molecule has 0 spiro atoms. The molecule has 0 aliphatic carbocycles. The van der Waals surface area contributed by atoms with Gasteiger partial charge in [0.25, 0.3) is 0 Å². The lowest BCUT2D eigenvalue weighted by atomic mass is 9.95. The minimum Gasteiger partial charge on any atom is -0.356 e. The van der Waals surface area contributed by atoms with Crippen molar-refractivity contribution in [1.29, 1.82) is 0 Å². The van der Waals surface area contributed by atoms with Crippen molar-refractivity contribution in [3.05, 3.63) is 46.5 Å². The van der Waals surface area contributed by atoms with Crippen molar-refractivity contribution in [1.82, 2.24) is 25.3 Å². The predicted octanol–water partition coefficient (Wildman–Crippen LogP) is 3.24. The second-order valence-electron chi connectivity index (χ2n) is 6.84. The molecule has 3 aromatic rings. The highest BCUT2D eigenvalue weighted by atomic mass is 35.5. The second kappa shape index (κ2) is 8.32. The minimum absolute atomic E-state index is 0.0102. The van der Waals surface area contributed by atoms with Gasteiger partial charge in [-0.25, -0.2) is 15.0 Å². The third-order valence-corrected chi connectivity index (χ3v) is 5.66. The van der Waals surface area contributed by atoms with E-state index < -0.39 is 0 Å². The van der Waals surface area contributed by atoms with Gasteiger partial charge < -0.3 is 15.2 Å². The SMILES string of the molecule is O=C(NCCc1ccc(Cl)cc1Cl)C1CCN(c2ncnc3nc[nH]c23)CC1. The Kier molecular flexibility index (Phi) is 5.64. The maximum atomic E-state index is 12.5. The first-order valence-electron chi connectivity index (χ1n) is 9.22. The fourth-order valence-corrected chi connectivity index (χ4v) is 4.04. The summed E-state index contributed by atoms with van der Waals surface area (Å²) in [6, 6.07) is 5.43. The van der Waals surface area contributed by atoms with E-state index in [-0.39, 0.29) is 11.8 Å². The van der Waals surface area contributed by atoms with Gasteiger partial charge in [0.15, 0.2) is 11.5 Å². The third-order valence-electron chi connectivity index (χ3n) is 5.08. The average Bonchev–Trinajstić information content (AvgIpc) is 3.18. The third kappa shape index (κ3) is 4.05. The molecule has 0 bridgehead atoms. The number of imidazole rings is 1. The van der Waals surface area contributed by atoms with Gasteiger partial charge in [-0.15, -0.1) is 0 Å². The Morgan fingerprint density at radius 1 is 1.21 bits per heavy atom. The number of benzene rings is 1. The zero-order chi connectivity index (χ0) is 19.5. The number of aromatic nitrogens is 4. The van der Waals surface area contributed by atoms with Gasteiger partial charge >= 0.3 is 0 Å². The van der Waals surface area contributed by atoms with E-state index in [1.54, 1.807) is 12.4 Å². The van der Waals surface area contributed by atoms with Crippen LogP contribution in [0.25, 0.3) is 11.2 Å². The molecule has 2 N–H and O–H groups in total. The van der Waals surface area contributed by atoms with Crippen LogP contribution in [0.3, 0.4) is 0 Å². The van der Waals surface area contributed by atoms with Crippen LogP contribution in [0.2, 0.25) is 10.0 Å². The lowest BCUT2D eigenvalue weighted by Crippen LogP contribution is -2.41. The number of rotatable bonds is 5. The fourth-order valence-electron chi connectivity index (χ4n) is 3.53. The molecule has 1 aliphatic heterocycles. The van der Waals surface area contributed by atoms with Crippen molar-refractivity contribution in [3.8, 4) is 0 Å². The molecule has 1 aliphatic rings. The molecule has 28 heavy (non-hydrogen) atoms. The molecule has 0 atom stereocenters. The second-order valence-corrected chi connectivity index (χ2v) is 7.68. The molecule has 1 amide bonds. The summed E-state index contributed by atoms with van der Waals surface area (Å²) >= 11 is 12.1. The number of carbonyl (C=O) groups excluding carboxylic acids is 1. The number of hydrogen-bond acceptors (Lipinski definition) is 5. The van der Waals surface area contributed by atoms with Crippen LogP contribution >= 0.6 is 23.2 Å². The molecule has 146 valence electrons. The van der Waals surface area contributed by atoms with Gasteiger partial charge in [-0.3, -0.25) is 4.79 Å². The monoisotopic (exact) mass is 418 g/mol. The van der Waals surface area contributed by atoms with E-state index in [1.165, 1.54) is 6.33 Å². The number of halogens is 2. The van der Waals surface area contributed by atoms with E-state index in [9.17, 15) is 4.79 Å². The number of fused-ring (bicyclic) bond motifs is 1. The van der Waals surface area contributed by atoms with Gasteiger partial charge in [0.05, 0.1) is 6.33 Å². The Hall–Kier alpha value is -2.38. The molecule has 2 aromatic heterocycles. The first-order chi connectivity index (χ1) is 13.6. The van der Waals surface area contributed by atoms with Crippen LogP contribution in [0, 0.1) is 5.92 Å². The largest absolute Gasteiger partial charge is 0.356 e. The number of anilines is 1. The Labute approximate surface area is 172 Å². The summed E-state index contributed by atoms with van der Waals surface area (Å²) in [6.45, 7) is 2.10. The smallest absolute Gasteiger partial charge is 0.223 e. The average molecular weight is 419 g/mol. The van der Waals surface area contributed by atoms with Crippen molar-refractivity contribution in [2.24, 2.45) is 5.92 Å². The maximum absolute atomic E-state index is 12.5. The zero-order valence-electron chi connectivity index (χ0n) is 15.2. The lowest BCUT2D eigenvalue weighted by molar-refractivity contribution is -0.125. The van der Waals surface area contributed by atoms with Crippen LogP contribution in [-0.4, -0.2) is 45.5 Å². The molecule has 9 heteroatoms. The van der Waals surface area contributed by atoms with Crippen molar-refractivity contribution >= 4 is 46.1 Å².